The molecule has 0 bridgehead atoms. The quantitative estimate of drug-likeness (QED) is 0.586. The van der Waals surface area contributed by atoms with Gasteiger partial charge in [-0.25, -0.2) is 0 Å². The van der Waals surface area contributed by atoms with E-state index >= 15 is 0 Å². The molecule has 1 heterocycles. The van der Waals surface area contributed by atoms with Gasteiger partial charge in [0.15, 0.2) is 11.5 Å². The van der Waals surface area contributed by atoms with Gasteiger partial charge in [-0.1, -0.05) is 30.0 Å². The molecule has 0 saturated heterocycles. The molecule has 0 spiro atoms. The highest BCUT2D eigenvalue weighted by molar-refractivity contribution is 5.59. The van der Waals surface area contributed by atoms with Crippen LogP contribution in [0.3, 0.4) is 0 Å². The van der Waals surface area contributed by atoms with E-state index in [1.165, 1.54) is 5.56 Å². The first-order valence-electron chi connectivity index (χ1n) is 9.95. The molecule has 3 aromatic carbocycles. The molecule has 4 rings (SSSR count). The number of fused-ring (bicyclic) bond motifs is 1. The number of methoxy groups -OCH3 is 3. The van der Waals surface area contributed by atoms with Gasteiger partial charge < -0.3 is 19.1 Å². The van der Waals surface area contributed by atoms with Gasteiger partial charge in [-0.2, -0.15) is 0 Å². The number of hydrogen-bond acceptors (Lipinski definition) is 4. The van der Waals surface area contributed by atoms with Gasteiger partial charge in [-0.3, -0.25) is 0 Å². The minimum Gasteiger partial charge on any atom is -0.497 e. The summed E-state index contributed by atoms with van der Waals surface area (Å²) in [5.74, 6) is 9.17. The first-order valence-corrected chi connectivity index (χ1v) is 9.95. The molecule has 4 heteroatoms. The number of para-hydroxylation sites is 1. The standard InChI is InChI=1S/C26H25NO3/c1-28-22-12-9-19(10-13-22)11-14-24-23-18-26(30-3)25(29-2)17-20(23)15-16-27(24)21-7-5-4-6-8-21/h4-10,12-13,17-18,24H,15-16H2,1-3H3. The van der Waals surface area contributed by atoms with Crippen molar-refractivity contribution in [2.45, 2.75) is 12.5 Å². The molecular formula is C26H25NO3. The van der Waals surface area contributed by atoms with Gasteiger partial charge in [0.2, 0.25) is 0 Å². The van der Waals surface area contributed by atoms with E-state index in [0.29, 0.717) is 0 Å². The summed E-state index contributed by atoms with van der Waals surface area (Å²) in [4.78, 5) is 2.35. The Kier molecular flexibility index (Phi) is 5.81. The molecule has 1 atom stereocenters. The van der Waals surface area contributed by atoms with Crippen LogP contribution in [-0.4, -0.2) is 27.9 Å². The molecule has 0 aliphatic carbocycles. The third-order valence-corrected chi connectivity index (χ3v) is 5.40. The maximum absolute atomic E-state index is 5.57. The largest absolute Gasteiger partial charge is 0.497 e. The van der Waals surface area contributed by atoms with Crippen molar-refractivity contribution in [1.82, 2.24) is 0 Å². The van der Waals surface area contributed by atoms with Crippen molar-refractivity contribution in [3.05, 3.63) is 83.4 Å². The van der Waals surface area contributed by atoms with Crippen molar-refractivity contribution in [1.29, 1.82) is 0 Å². The normalized spacial score (nSPS) is 14.9. The van der Waals surface area contributed by atoms with Crippen molar-refractivity contribution in [2.75, 3.05) is 32.8 Å². The second kappa shape index (κ2) is 8.84. The lowest BCUT2D eigenvalue weighted by atomic mass is 9.91. The summed E-state index contributed by atoms with van der Waals surface area (Å²) in [6.45, 7) is 0.883. The molecule has 0 saturated carbocycles. The molecule has 1 unspecified atom stereocenters. The van der Waals surface area contributed by atoms with E-state index < -0.39 is 0 Å². The van der Waals surface area contributed by atoms with Crippen LogP contribution in [0, 0.1) is 11.8 Å². The Bertz CT molecular complexity index is 1070. The van der Waals surface area contributed by atoms with Crippen molar-refractivity contribution in [2.24, 2.45) is 0 Å². The van der Waals surface area contributed by atoms with Crippen LogP contribution in [0.2, 0.25) is 0 Å². The first-order chi connectivity index (χ1) is 14.7. The van der Waals surface area contributed by atoms with Crippen LogP contribution in [0.1, 0.15) is 22.7 Å². The summed E-state index contributed by atoms with van der Waals surface area (Å²) in [6.07, 6.45) is 0.922. The SMILES string of the molecule is COc1ccc(C#CC2c3cc(OC)c(OC)cc3CCN2c2ccccc2)cc1. The van der Waals surface area contributed by atoms with Crippen LogP contribution in [0.15, 0.2) is 66.7 Å². The van der Waals surface area contributed by atoms with Gasteiger partial charge in [0.1, 0.15) is 11.8 Å². The highest BCUT2D eigenvalue weighted by Crippen LogP contribution is 2.39. The molecule has 152 valence electrons. The molecule has 0 aromatic heterocycles. The Labute approximate surface area is 178 Å². The number of anilines is 1. The fraction of sp³-hybridized carbons (Fsp3) is 0.231. The summed E-state index contributed by atoms with van der Waals surface area (Å²) in [5.41, 5.74) is 4.51. The van der Waals surface area contributed by atoms with Gasteiger partial charge >= 0.3 is 0 Å². The molecule has 3 aromatic rings. The zero-order valence-electron chi connectivity index (χ0n) is 17.5. The Morgan fingerprint density at radius 1 is 0.833 bits per heavy atom. The van der Waals surface area contributed by atoms with E-state index in [2.05, 4.69) is 53.1 Å². The van der Waals surface area contributed by atoms with Crippen molar-refractivity contribution in [3.8, 4) is 29.1 Å². The number of nitrogens with zero attached hydrogens (tertiary/aromatic N) is 1. The Morgan fingerprint density at radius 2 is 1.53 bits per heavy atom. The summed E-state index contributed by atoms with van der Waals surface area (Å²) in [7, 11) is 5.00. The molecule has 0 fully saturated rings. The fourth-order valence-corrected chi connectivity index (χ4v) is 3.83. The number of ether oxygens (including phenoxy) is 3. The number of rotatable bonds is 4. The maximum Gasteiger partial charge on any atom is 0.161 e. The number of hydrogen-bond donors (Lipinski definition) is 0. The zero-order valence-corrected chi connectivity index (χ0v) is 17.5. The van der Waals surface area contributed by atoms with Crippen LogP contribution in [0.5, 0.6) is 17.2 Å². The van der Waals surface area contributed by atoms with Crippen LogP contribution < -0.4 is 19.1 Å². The van der Waals surface area contributed by atoms with Gasteiger partial charge in [0.05, 0.1) is 21.3 Å². The Balaban J connectivity index is 1.78. The van der Waals surface area contributed by atoms with Crippen molar-refractivity contribution < 1.29 is 14.2 Å². The highest BCUT2D eigenvalue weighted by Gasteiger charge is 2.28. The highest BCUT2D eigenvalue weighted by atomic mass is 16.5. The van der Waals surface area contributed by atoms with Crippen LogP contribution in [-0.2, 0) is 6.42 Å². The lowest BCUT2D eigenvalue weighted by molar-refractivity contribution is 0.353. The predicted molar refractivity (Wildman–Crippen MR) is 120 cm³/mol. The minimum absolute atomic E-state index is 0.0851. The van der Waals surface area contributed by atoms with E-state index in [-0.39, 0.29) is 6.04 Å². The van der Waals surface area contributed by atoms with Gasteiger partial charge in [-0.05, 0) is 66.1 Å². The third-order valence-electron chi connectivity index (χ3n) is 5.40. The first kappa shape index (κ1) is 19.7. The van der Waals surface area contributed by atoms with Crippen LogP contribution in [0.25, 0.3) is 0 Å². The monoisotopic (exact) mass is 399 g/mol. The Morgan fingerprint density at radius 3 is 2.20 bits per heavy atom. The minimum atomic E-state index is -0.0851. The summed E-state index contributed by atoms with van der Waals surface area (Å²) < 4.78 is 16.3. The maximum atomic E-state index is 5.57. The third kappa shape index (κ3) is 3.92. The molecule has 4 nitrogen and oxygen atoms in total. The van der Waals surface area contributed by atoms with E-state index in [0.717, 1.165) is 47.0 Å². The van der Waals surface area contributed by atoms with Gasteiger partial charge in [0, 0.05) is 17.8 Å². The molecule has 30 heavy (non-hydrogen) atoms. The fourth-order valence-electron chi connectivity index (χ4n) is 3.83. The van der Waals surface area contributed by atoms with Gasteiger partial charge in [-0.15, -0.1) is 0 Å². The van der Waals surface area contributed by atoms with Crippen molar-refractivity contribution >= 4 is 5.69 Å². The van der Waals surface area contributed by atoms with Crippen LogP contribution in [0.4, 0.5) is 5.69 Å². The summed E-state index contributed by atoms with van der Waals surface area (Å²) >= 11 is 0. The van der Waals surface area contributed by atoms with E-state index in [9.17, 15) is 0 Å². The molecule has 0 N–H and O–H groups in total. The molecular weight excluding hydrogens is 374 g/mol. The van der Waals surface area contributed by atoms with E-state index in [1.54, 1.807) is 21.3 Å². The summed E-state index contributed by atoms with van der Waals surface area (Å²) in [6, 6.07) is 22.3. The predicted octanol–water partition coefficient (Wildman–Crippen LogP) is 4.87. The number of benzene rings is 3. The smallest absolute Gasteiger partial charge is 0.161 e. The van der Waals surface area contributed by atoms with E-state index in [4.69, 9.17) is 14.2 Å². The Hall–Kier alpha value is -3.58. The lowest BCUT2D eigenvalue weighted by Crippen LogP contribution is -2.35. The van der Waals surface area contributed by atoms with Crippen molar-refractivity contribution in [3.63, 3.8) is 0 Å². The topological polar surface area (TPSA) is 30.9 Å². The van der Waals surface area contributed by atoms with Crippen LogP contribution >= 0.6 is 0 Å². The average Bonchev–Trinajstić information content (AvgIpc) is 2.82. The van der Waals surface area contributed by atoms with E-state index in [1.807, 2.05) is 30.3 Å². The lowest BCUT2D eigenvalue weighted by Gasteiger charge is -2.36. The average molecular weight is 399 g/mol. The summed E-state index contributed by atoms with van der Waals surface area (Å²) in [5, 5.41) is 0. The second-order valence-electron chi connectivity index (χ2n) is 7.09. The molecule has 1 aliphatic rings. The molecule has 0 amide bonds. The zero-order chi connectivity index (χ0) is 20.9. The molecule has 0 radical (unpaired) electrons. The van der Waals surface area contributed by atoms with Gasteiger partial charge in [0.25, 0.3) is 0 Å². The second-order valence-corrected chi connectivity index (χ2v) is 7.09. The molecule has 1 aliphatic heterocycles.